The second-order valence-corrected chi connectivity index (χ2v) is 5.70. The van der Waals surface area contributed by atoms with E-state index >= 15 is 0 Å². The van der Waals surface area contributed by atoms with Crippen LogP contribution in [-0.2, 0) is 4.74 Å². The molecule has 4 atom stereocenters. The highest BCUT2D eigenvalue weighted by Gasteiger charge is 2.64. The van der Waals surface area contributed by atoms with E-state index in [1.165, 1.54) is 14.0 Å². The summed E-state index contributed by atoms with van der Waals surface area (Å²) in [6.45, 7) is 2.34. The molecular formula is C14H16ClF3O3. The van der Waals surface area contributed by atoms with Crippen molar-refractivity contribution in [1.82, 2.24) is 0 Å². The average molecular weight is 325 g/mol. The van der Waals surface area contributed by atoms with Gasteiger partial charge in [-0.2, -0.15) is 13.2 Å². The molecule has 3 nitrogen and oxygen atoms in total. The normalized spacial score (nSPS) is 33.2. The molecule has 1 fully saturated rings. The molecule has 1 saturated heterocycles. The Labute approximate surface area is 125 Å². The summed E-state index contributed by atoms with van der Waals surface area (Å²) in [6, 6.07) is 4.75. The predicted octanol–water partition coefficient (Wildman–Crippen LogP) is 3.74. The number of ether oxygens (including phenoxy) is 2. The lowest BCUT2D eigenvalue weighted by molar-refractivity contribution is -0.291. The first-order valence-corrected chi connectivity index (χ1v) is 6.76. The molecule has 21 heavy (non-hydrogen) atoms. The van der Waals surface area contributed by atoms with Crippen molar-refractivity contribution in [2.45, 2.75) is 37.8 Å². The number of halogens is 4. The lowest BCUT2D eigenvalue weighted by Gasteiger charge is -2.31. The number of rotatable bonds is 2. The fourth-order valence-corrected chi connectivity index (χ4v) is 3.03. The molecule has 2 rings (SSSR count). The maximum Gasteiger partial charge on any atom is 0.417 e. The van der Waals surface area contributed by atoms with Crippen molar-refractivity contribution in [3.63, 3.8) is 0 Å². The van der Waals surface area contributed by atoms with Gasteiger partial charge in [-0.15, -0.1) is 0 Å². The van der Waals surface area contributed by atoms with Crippen LogP contribution in [0, 0.1) is 5.92 Å². The van der Waals surface area contributed by atoms with Gasteiger partial charge >= 0.3 is 6.18 Å². The molecule has 0 radical (unpaired) electrons. The van der Waals surface area contributed by atoms with Gasteiger partial charge < -0.3 is 14.6 Å². The van der Waals surface area contributed by atoms with E-state index in [9.17, 15) is 18.3 Å². The Hall–Kier alpha value is -0.980. The maximum absolute atomic E-state index is 13.2. The summed E-state index contributed by atoms with van der Waals surface area (Å²) in [6.07, 6.45) is -6.17. The zero-order chi connectivity index (χ0) is 16.0. The number of methoxy groups -OCH3 is 1. The summed E-state index contributed by atoms with van der Waals surface area (Å²) in [5.74, 6) is -1.63. The van der Waals surface area contributed by atoms with Crippen molar-refractivity contribution in [1.29, 1.82) is 0 Å². The molecule has 1 heterocycles. The minimum atomic E-state index is -4.59. The number of hydrogen-bond acceptors (Lipinski definition) is 3. The van der Waals surface area contributed by atoms with Gasteiger partial charge in [0.25, 0.3) is 0 Å². The SMILES string of the molecule is COc1c(Cl)cccc1[C@H]1C(O)O[C@@](C)(C(F)(F)F)[C@H]1C. The Bertz CT molecular complexity index is 535. The van der Waals surface area contributed by atoms with Crippen LogP contribution in [0.1, 0.15) is 25.3 Å². The summed E-state index contributed by atoms with van der Waals surface area (Å²) in [5.41, 5.74) is -2.03. The molecule has 7 heteroatoms. The van der Waals surface area contributed by atoms with Gasteiger partial charge in [-0.05, 0) is 13.0 Å². The molecule has 1 N–H and O–H groups in total. The predicted molar refractivity (Wildman–Crippen MR) is 71.5 cm³/mol. The van der Waals surface area contributed by atoms with Crippen molar-refractivity contribution >= 4 is 11.6 Å². The van der Waals surface area contributed by atoms with E-state index in [1.54, 1.807) is 18.2 Å². The zero-order valence-electron chi connectivity index (χ0n) is 11.7. The lowest BCUT2D eigenvalue weighted by Crippen LogP contribution is -2.46. The number of aliphatic hydroxyl groups excluding tert-OH is 1. The molecule has 1 unspecified atom stereocenters. The number of para-hydroxylation sites is 1. The van der Waals surface area contributed by atoms with Gasteiger partial charge in [0, 0.05) is 17.4 Å². The third-order valence-corrected chi connectivity index (χ3v) is 4.50. The highest BCUT2D eigenvalue weighted by Crippen LogP contribution is 2.54. The summed E-state index contributed by atoms with van der Waals surface area (Å²) < 4.78 is 49.7. The van der Waals surface area contributed by atoms with Crippen LogP contribution >= 0.6 is 11.6 Å². The Morgan fingerprint density at radius 1 is 1.38 bits per heavy atom. The second-order valence-electron chi connectivity index (χ2n) is 5.29. The quantitative estimate of drug-likeness (QED) is 0.900. The third-order valence-electron chi connectivity index (χ3n) is 4.20. The van der Waals surface area contributed by atoms with E-state index in [-0.39, 0.29) is 10.8 Å². The van der Waals surface area contributed by atoms with E-state index < -0.39 is 29.9 Å². The molecule has 0 saturated carbocycles. The van der Waals surface area contributed by atoms with E-state index in [1.807, 2.05) is 0 Å². The Morgan fingerprint density at radius 2 is 2.00 bits per heavy atom. The summed E-state index contributed by atoms with van der Waals surface area (Å²) in [5, 5.41) is 10.3. The van der Waals surface area contributed by atoms with E-state index in [0.717, 1.165) is 6.92 Å². The van der Waals surface area contributed by atoms with Crippen LogP contribution in [0.5, 0.6) is 5.75 Å². The fourth-order valence-electron chi connectivity index (χ4n) is 2.77. The first kappa shape index (κ1) is 16.4. The largest absolute Gasteiger partial charge is 0.495 e. The topological polar surface area (TPSA) is 38.7 Å². The molecule has 1 aliphatic heterocycles. The van der Waals surface area contributed by atoms with Crippen LogP contribution in [-0.4, -0.2) is 30.3 Å². The van der Waals surface area contributed by atoms with Crippen molar-refractivity contribution < 1.29 is 27.8 Å². The van der Waals surface area contributed by atoms with Gasteiger partial charge in [-0.1, -0.05) is 30.7 Å². The Balaban J connectivity index is 2.49. The van der Waals surface area contributed by atoms with Gasteiger partial charge in [0.1, 0.15) is 5.75 Å². The van der Waals surface area contributed by atoms with Crippen LogP contribution in [0.3, 0.4) is 0 Å². The second kappa shape index (κ2) is 5.34. The smallest absolute Gasteiger partial charge is 0.417 e. The molecule has 0 aliphatic carbocycles. The minimum Gasteiger partial charge on any atom is -0.495 e. The van der Waals surface area contributed by atoms with E-state index in [0.29, 0.717) is 5.56 Å². The van der Waals surface area contributed by atoms with Crippen molar-refractivity contribution in [3.05, 3.63) is 28.8 Å². The number of alkyl halides is 3. The molecule has 118 valence electrons. The van der Waals surface area contributed by atoms with Crippen LogP contribution in [0.25, 0.3) is 0 Å². The van der Waals surface area contributed by atoms with Gasteiger partial charge in [-0.25, -0.2) is 0 Å². The third kappa shape index (κ3) is 2.49. The standard InChI is InChI=1S/C14H16ClF3O3/c1-7-10(8-5-4-6-9(15)11(8)20-3)12(19)21-13(7,2)14(16,17)18/h4-7,10,12,19H,1-3H3/t7-,10-,12?,13+/m0/s1. The molecule has 1 aromatic rings. The van der Waals surface area contributed by atoms with Gasteiger partial charge in [-0.3, -0.25) is 0 Å². The summed E-state index contributed by atoms with van der Waals surface area (Å²) in [4.78, 5) is 0. The number of aliphatic hydroxyl groups is 1. The van der Waals surface area contributed by atoms with Crippen molar-refractivity contribution in [3.8, 4) is 5.75 Å². The lowest BCUT2D eigenvalue weighted by atomic mass is 9.79. The van der Waals surface area contributed by atoms with Gasteiger partial charge in [0.15, 0.2) is 11.9 Å². The summed E-state index contributed by atoms with van der Waals surface area (Å²) >= 11 is 5.99. The van der Waals surface area contributed by atoms with E-state index in [4.69, 9.17) is 21.1 Å². The van der Waals surface area contributed by atoms with Crippen LogP contribution in [0.4, 0.5) is 13.2 Å². The highest BCUT2D eigenvalue weighted by atomic mass is 35.5. The highest BCUT2D eigenvalue weighted by molar-refractivity contribution is 6.32. The molecule has 1 aromatic carbocycles. The van der Waals surface area contributed by atoms with Gasteiger partial charge in [0.2, 0.25) is 0 Å². The van der Waals surface area contributed by atoms with Crippen LogP contribution in [0.2, 0.25) is 5.02 Å². The van der Waals surface area contributed by atoms with Crippen molar-refractivity contribution in [2.24, 2.45) is 5.92 Å². The van der Waals surface area contributed by atoms with Crippen LogP contribution < -0.4 is 4.74 Å². The van der Waals surface area contributed by atoms with Crippen LogP contribution in [0.15, 0.2) is 18.2 Å². The minimum absolute atomic E-state index is 0.255. The van der Waals surface area contributed by atoms with Crippen molar-refractivity contribution in [2.75, 3.05) is 7.11 Å². The monoisotopic (exact) mass is 324 g/mol. The number of benzene rings is 1. The maximum atomic E-state index is 13.2. The number of hydrogen-bond donors (Lipinski definition) is 1. The van der Waals surface area contributed by atoms with Gasteiger partial charge in [0.05, 0.1) is 12.1 Å². The average Bonchev–Trinajstić information content (AvgIpc) is 2.60. The molecule has 0 aromatic heterocycles. The van der Waals surface area contributed by atoms with E-state index in [2.05, 4.69) is 0 Å². The Morgan fingerprint density at radius 3 is 2.48 bits per heavy atom. The first-order chi connectivity index (χ1) is 9.63. The molecule has 1 aliphatic rings. The Kier molecular flexibility index (Phi) is 4.17. The zero-order valence-corrected chi connectivity index (χ0v) is 12.5. The molecule has 0 bridgehead atoms. The fraction of sp³-hybridized carbons (Fsp3) is 0.571. The molecular weight excluding hydrogens is 309 g/mol. The first-order valence-electron chi connectivity index (χ1n) is 6.38. The summed E-state index contributed by atoms with van der Waals surface area (Å²) in [7, 11) is 1.38. The molecule has 0 spiro atoms. The molecule has 0 amide bonds.